The van der Waals surface area contributed by atoms with E-state index >= 15 is 0 Å². The summed E-state index contributed by atoms with van der Waals surface area (Å²) >= 11 is 0. The lowest BCUT2D eigenvalue weighted by molar-refractivity contribution is -0.120. The van der Waals surface area contributed by atoms with Crippen LogP contribution in [0.3, 0.4) is 0 Å². The quantitative estimate of drug-likeness (QED) is 0.767. The molecule has 0 aliphatic carbocycles. The highest BCUT2D eigenvalue weighted by Gasteiger charge is 2.11. The third-order valence-electron chi connectivity index (χ3n) is 3.14. The van der Waals surface area contributed by atoms with E-state index in [-0.39, 0.29) is 18.1 Å². The molecule has 0 aliphatic rings. The van der Waals surface area contributed by atoms with Crippen molar-refractivity contribution in [3.63, 3.8) is 0 Å². The Bertz CT molecular complexity index is 732. The maximum Gasteiger partial charge on any atom is 0.224 e. The Kier molecular flexibility index (Phi) is 3.25. The summed E-state index contributed by atoms with van der Waals surface area (Å²) in [7, 11) is 0. The number of benzene rings is 1. The van der Waals surface area contributed by atoms with Crippen LogP contribution in [0.1, 0.15) is 11.3 Å². The lowest BCUT2D eigenvalue weighted by atomic mass is 10.1. The van der Waals surface area contributed by atoms with Crippen LogP contribution in [0, 0.1) is 5.82 Å². The van der Waals surface area contributed by atoms with E-state index in [1.807, 2.05) is 0 Å². The monoisotopic (exact) mass is 272 g/mol. The Labute approximate surface area is 114 Å². The van der Waals surface area contributed by atoms with Gasteiger partial charge in [-0.25, -0.2) is 4.39 Å². The first-order chi connectivity index (χ1) is 9.74. The second-order valence-electron chi connectivity index (χ2n) is 4.51. The first-order valence-corrected chi connectivity index (χ1v) is 6.27. The summed E-state index contributed by atoms with van der Waals surface area (Å²) < 4.78 is 18.7. The Morgan fingerprint density at radius 1 is 1.30 bits per heavy atom. The van der Waals surface area contributed by atoms with E-state index in [9.17, 15) is 9.18 Å². The molecule has 1 amide bonds. The van der Waals surface area contributed by atoms with Gasteiger partial charge in [-0.2, -0.15) is 0 Å². The van der Waals surface area contributed by atoms with Crippen molar-refractivity contribution < 1.29 is 13.6 Å². The largest absolute Gasteiger partial charge is 0.467 e. The third-order valence-corrected chi connectivity index (χ3v) is 3.14. The van der Waals surface area contributed by atoms with Crippen LogP contribution < -0.4 is 5.32 Å². The van der Waals surface area contributed by atoms with E-state index in [4.69, 9.17) is 4.42 Å². The first-order valence-electron chi connectivity index (χ1n) is 6.27. The number of aromatic amines is 1. The van der Waals surface area contributed by atoms with Crippen molar-refractivity contribution in [2.75, 3.05) is 0 Å². The molecular weight excluding hydrogens is 259 g/mol. The van der Waals surface area contributed by atoms with Gasteiger partial charge in [0.2, 0.25) is 5.91 Å². The highest BCUT2D eigenvalue weighted by Crippen LogP contribution is 2.21. The lowest BCUT2D eigenvalue weighted by Crippen LogP contribution is -2.24. The van der Waals surface area contributed by atoms with Crippen molar-refractivity contribution in [2.24, 2.45) is 0 Å². The van der Waals surface area contributed by atoms with Gasteiger partial charge in [-0.1, -0.05) is 12.1 Å². The fraction of sp³-hybridized carbons (Fsp3) is 0.133. The van der Waals surface area contributed by atoms with Gasteiger partial charge in [0.1, 0.15) is 11.6 Å². The number of aromatic nitrogens is 1. The lowest BCUT2D eigenvalue weighted by Gasteiger charge is -2.02. The van der Waals surface area contributed by atoms with Gasteiger partial charge < -0.3 is 14.7 Å². The van der Waals surface area contributed by atoms with Crippen molar-refractivity contribution in [1.82, 2.24) is 10.3 Å². The molecule has 0 aliphatic heterocycles. The predicted molar refractivity (Wildman–Crippen MR) is 72.5 cm³/mol. The number of carbonyl (C=O) groups is 1. The number of para-hydroxylation sites is 1. The molecule has 20 heavy (non-hydrogen) atoms. The number of furan rings is 1. The van der Waals surface area contributed by atoms with E-state index in [2.05, 4.69) is 10.3 Å². The van der Waals surface area contributed by atoms with E-state index in [1.54, 1.807) is 36.7 Å². The van der Waals surface area contributed by atoms with Gasteiger partial charge in [0.15, 0.2) is 0 Å². The van der Waals surface area contributed by atoms with Crippen molar-refractivity contribution >= 4 is 16.8 Å². The summed E-state index contributed by atoms with van der Waals surface area (Å²) in [5.74, 6) is 0.250. The number of halogens is 1. The molecule has 0 unspecified atom stereocenters. The SMILES string of the molecule is O=C(Cc1c[nH]c2c(F)cccc12)NCc1ccco1. The number of carbonyl (C=O) groups excluding carboxylic acids is 1. The van der Waals surface area contributed by atoms with Crippen LogP contribution in [-0.4, -0.2) is 10.9 Å². The van der Waals surface area contributed by atoms with Crippen LogP contribution in [0.15, 0.2) is 47.2 Å². The van der Waals surface area contributed by atoms with Gasteiger partial charge >= 0.3 is 0 Å². The number of H-pyrrole nitrogens is 1. The normalized spacial score (nSPS) is 10.8. The standard InChI is InChI=1S/C15H13FN2O2/c16-13-5-1-4-12-10(8-18-15(12)13)7-14(19)17-9-11-3-2-6-20-11/h1-6,8,18H,7,9H2,(H,17,19). The van der Waals surface area contributed by atoms with Crippen LogP contribution >= 0.6 is 0 Å². The van der Waals surface area contributed by atoms with E-state index in [0.29, 0.717) is 17.8 Å². The predicted octanol–water partition coefficient (Wildman–Crippen LogP) is 2.76. The molecule has 102 valence electrons. The Morgan fingerprint density at radius 3 is 3.00 bits per heavy atom. The fourth-order valence-corrected chi connectivity index (χ4v) is 2.16. The summed E-state index contributed by atoms with van der Waals surface area (Å²) in [5.41, 5.74) is 1.21. The molecule has 4 nitrogen and oxygen atoms in total. The third kappa shape index (κ3) is 2.42. The van der Waals surface area contributed by atoms with Crippen LogP contribution in [0.4, 0.5) is 4.39 Å². The van der Waals surface area contributed by atoms with Crippen molar-refractivity contribution in [2.45, 2.75) is 13.0 Å². The maximum absolute atomic E-state index is 13.5. The molecule has 2 heterocycles. The second kappa shape index (κ2) is 5.21. The van der Waals surface area contributed by atoms with Crippen molar-refractivity contribution in [1.29, 1.82) is 0 Å². The van der Waals surface area contributed by atoms with Crippen LogP contribution in [-0.2, 0) is 17.8 Å². The van der Waals surface area contributed by atoms with Gasteiger partial charge in [-0.3, -0.25) is 4.79 Å². The molecule has 3 rings (SSSR count). The molecule has 2 N–H and O–H groups in total. The van der Waals surface area contributed by atoms with Crippen molar-refractivity contribution in [3.8, 4) is 0 Å². The summed E-state index contributed by atoms with van der Waals surface area (Å²) in [4.78, 5) is 14.7. The fourth-order valence-electron chi connectivity index (χ4n) is 2.16. The van der Waals surface area contributed by atoms with Crippen LogP contribution in [0.5, 0.6) is 0 Å². The van der Waals surface area contributed by atoms with Gasteiger partial charge in [-0.05, 0) is 23.8 Å². The van der Waals surface area contributed by atoms with Gasteiger partial charge in [0, 0.05) is 11.6 Å². The van der Waals surface area contributed by atoms with Crippen LogP contribution in [0.2, 0.25) is 0 Å². The zero-order valence-electron chi connectivity index (χ0n) is 10.7. The highest BCUT2D eigenvalue weighted by atomic mass is 19.1. The maximum atomic E-state index is 13.5. The summed E-state index contributed by atoms with van der Waals surface area (Å²) in [6.07, 6.45) is 3.42. The number of rotatable bonds is 4. The number of hydrogen-bond donors (Lipinski definition) is 2. The number of fused-ring (bicyclic) bond motifs is 1. The molecule has 3 aromatic rings. The molecule has 0 fully saturated rings. The summed E-state index contributed by atoms with van der Waals surface area (Å²) in [6.45, 7) is 0.350. The van der Waals surface area contributed by atoms with Gasteiger partial charge in [0.25, 0.3) is 0 Å². The van der Waals surface area contributed by atoms with E-state index in [1.165, 1.54) is 6.07 Å². The molecule has 0 spiro atoms. The molecule has 5 heteroatoms. The highest BCUT2D eigenvalue weighted by molar-refractivity contribution is 5.89. The second-order valence-corrected chi connectivity index (χ2v) is 4.51. The Balaban J connectivity index is 1.70. The minimum atomic E-state index is -0.315. The topological polar surface area (TPSA) is 58.0 Å². The zero-order valence-corrected chi connectivity index (χ0v) is 10.7. The first kappa shape index (κ1) is 12.5. The Hall–Kier alpha value is -2.56. The molecule has 0 saturated heterocycles. The van der Waals surface area contributed by atoms with Gasteiger partial charge in [0.05, 0.1) is 24.7 Å². The number of hydrogen-bond acceptors (Lipinski definition) is 2. The molecule has 0 bridgehead atoms. The molecule has 2 aromatic heterocycles. The number of nitrogens with one attached hydrogen (secondary N) is 2. The molecule has 1 aromatic carbocycles. The minimum Gasteiger partial charge on any atom is -0.467 e. The minimum absolute atomic E-state index is 0.133. The zero-order chi connectivity index (χ0) is 13.9. The molecular formula is C15H13FN2O2. The number of amides is 1. The average Bonchev–Trinajstić information content (AvgIpc) is 3.07. The van der Waals surface area contributed by atoms with Gasteiger partial charge in [-0.15, -0.1) is 0 Å². The average molecular weight is 272 g/mol. The summed E-state index contributed by atoms with van der Waals surface area (Å²) in [5, 5.41) is 3.50. The molecule has 0 radical (unpaired) electrons. The van der Waals surface area contributed by atoms with E-state index < -0.39 is 0 Å². The van der Waals surface area contributed by atoms with Crippen molar-refractivity contribution in [3.05, 3.63) is 59.9 Å². The molecule has 0 saturated carbocycles. The van der Waals surface area contributed by atoms with Crippen LogP contribution in [0.25, 0.3) is 10.9 Å². The smallest absolute Gasteiger partial charge is 0.224 e. The Morgan fingerprint density at radius 2 is 2.20 bits per heavy atom. The summed E-state index contributed by atoms with van der Waals surface area (Å²) in [6, 6.07) is 8.38. The van der Waals surface area contributed by atoms with E-state index in [0.717, 1.165) is 10.9 Å². The molecule has 0 atom stereocenters.